The number of hydrogen-bond acceptors (Lipinski definition) is 6. The van der Waals surface area contributed by atoms with E-state index >= 15 is 0 Å². The van der Waals surface area contributed by atoms with Crippen LogP contribution in [0.5, 0.6) is 0 Å². The molecular weight excluding hydrogens is 378 g/mol. The molecule has 1 aromatic carbocycles. The Morgan fingerprint density at radius 2 is 2.00 bits per heavy atom. The highest BCUT2D eigenvalue weighted by molar-refractivity contribution is 5.85. The van der Waals surface area contributed by atoms with Crippen LogP contribution in [0.4, 0.5) is 6.01 Å². The second-order valence-corrected chi connectivity index (χ2v) is 7.32. The molecule has 1 amide bonds. The van der Waals surface area contributed by atoms with Gasteiger partial charge in [0.05, 0.1) is 5.69 Å². The summed E-state index contributed by atoms with van der Waals surface area (Å²) in [6.07, 6.45) is 6.96. The van der Waals surface area contributed by atoms with E-state index in [2.05, 4.69) is 20.3 Å². The summed E-state index contributed by atoms with van der Waals surface area (Å²) in [5.41, 5.74) is 4.39. The summed E-state index contributed by atoms with van der Waals surface area (Å²) in [5, 5.41) is 3.06. The molecular formula is C23H21N5O2. The normalized spacial score (nSPS) is 16.1. The highest BCUT2D eigenvalue weighted by atomic mass is 16.4. The van der Waals surface area contributed by atoms with E-state index in [-0.39, 0.29) is 11.9 Å². The quantitative estimate of drug-likeness (QED) is 0.552. The van der Waals surface area contributed by atoms with Crippen LogP contribution in [0.1, 0.15) is 18.4 Å². The predicted molar refractivity (Wildman–Crippen MR) is 114 cm³/mol. The summed E-state index contributed by atoms with van der Waals surface area (Å²) < 4.78 is 5.88. The summed E-state index contributed by atoms with van der Waals surface area (Å²) in [7, 11) is 0. The van der Waals surface area contributed by atoms with Gasteiger partial charge in [-0.05, 0) is 54.8 Å². The largest absolute Gasteiger partial charge is 0.423 e. The van der Waals surface area contributed by atoms with Gasteiger partial charge in [-0.1, -0.05) is 12.1 Å². The van der Waals surface area contributed by atoms with Gasteiger partial charge >= 0.3 is 0 Å². The highest BCUT2D eigenvalue weighted by Crippen LogP contribution is 2.28. The van der Waals surface area contributed by atoms with Gasteiger partial charge in [-0.2, -0.15) is 4.98 Å². The van der Waals surface area contributed by atoms with E-state index in [1.165, 1.54) is 0 Å². The van der Waals surface area contributed by atoms with Gasteiger partial charge in [-0.3, -0.25) is 14.8 Å². The Labute approximate surface area is 173 Å². The molecule has 0 spiro atoms. The molecule has 1 aliphatic heterocycles. The van der Waals surface area contributed by atoms with Gasteiger partial charge in [0.2, 0.25) is 5.91 Å². The maximum absolute atomic E-state index is 12.9. The molecule has 0 aliphatic carbocycles. The number of nitrogens with one attached hydrogen (secondary N) is 1. The number of para-hydroxylation sites is 2. The summed E-state index contributed by atoms with van der Waals surface area (Å²) in [6, 6.07) is 15.6. The first-order chi connectivity index (χ1) is 14.8. The van der Waals surface area contributed by atoms with Crippen molar-refractivity contribution in [3.63, 3.8) is 0 Å². The predicted octanol–water partition coefficient (Wildman–Crippen LogP) is 3.57. The molecule has 1 atom stereocenters. The smallest absolute Gasteiger partial charge is 0.299 e. The zero-order chi connectivity index (χ0) is 20.3. The Hall–Kier alpha value is -3.74. The van der Waals surface area contributed by atoms with Gasteiger partial charge in [-0.15, -0.1) is 0 Å². The molecule has 7 nitrogen and oxygen atoms in total. The van der Waals surface area contributed by atoms with Crippen molar-refractivity contribution in [3.8, 4) is 11.3 Å². The van der Waals surface area contributed by atoms with Crippen LogP contribution in [0.3, 0.4) is 0 Å². The van der Waals surface area contributed by atoms with Crippen molar-refractivity contribution in [2.45, 2.75) is 25.4 Å². The van der Waals surface area contributed by atoms with Gasteiger partial charge in [-0.25, -0.2) is 0 Å². The van der Waals surface area contributed by atoms with E-state index in [0.717, 1.165) is 47.3 Å². The number of carbonyl (C=O) groups is 1. The van der Waals surface area contributed by atoms with Crippen molar-refractivity contribution in [1.82, 2.24) is 20.3 Å². The van der Waals surface area contributed by atoms with Crippen molar-refractivity contribution >= 4 is 23.0 Å². The van der Waals surface area contributed by atoms with Crippen LogP contribution in [0.2, 0.25) is 0 Å². The van der Waals surface area contributed by atoms with Crippen molar-refractivity contribution < 1.29 is 9.21 Å². The zero-order valence-corrected chi connectivity index (χ0v) is 16.4. The van der Waals surface area contributed by atoms with Crippen molar-refractivity contribution in [3.05, 3.63) is 72.7 Å². The maximum atomic E-state index is 12.9. The Morgan fingerprint density at radius 3 is 2.87 bits per heavy atom. The number of carbonyl (C=O) groups excluding carboxylic acids is 1. The molecule has 0 bridgehead atoms. The van der Waals surface area contributed by atoms with Crippen molar-refractivity contribution in [2.24, 2.45) is 0 Å². The Kier molecular flexibility index (Phi) is 4.85. The molecule has 7 heteroatoms. The van der Waals surface area contributed by atoms with E-state index in [1.54, 1.807) is 18.6 Å². The third-order valence-electron chi connectivity index (χ3n) is 5.35. The van der Waals surface area contributed by atoms with Gasteiger partial charge in [0.1, 0.15) is 11.6 Å². The monoisotopic (exact) mass is 399 g/mol. The fraction of sp³-hybridized carbons (Fsp3) is 0.217. The molecule has 4 aromatic rings. The number of aromatic nitrogens is 3. The molecule has 4 heterocycles. The first-order valence-corrected chi connectivity index (χ1v) is 10.0. The van der Waals surface area contributed by atoms with Crippen LogP contribution in [-0.4, -0.2) is 33.4 Å². The standard InChI is InChI=1S/C23H21N5O2/c29-22(26-15-16-7-12-25-19(14-16)17-8-10-24-11-9-17)20-5-3-13-28(20)23-27-18-4-1-2-6-21(18)30-23/h1-2,4,6-12,14,20H,3,5,13,15H2,(H,26,29)/t20-/m1/s1. The van der Waals surface area contributed by atoms with E-state index in [0.29, 0.717) is 12.6 Å². The average molecular weight is 399 g/mol. The number of hydrogen-bond donors (Lipinski definition) is 1. The maximum Gasteiger partial charge on any atom is 0.299 e. The molecule has 1 saturated heterocycles. The fourth-order valence-corrected chi connectivity index (χ4v) is 3.82. The molecule has 5 rings (SSSR count). The Morgan fingerprint density at radius 1 is 1.13 bits per heavy atom. The lowest BCUT2D eigenvalue weighted by Gasteiger charge is -2.22. The number of pyridine rings is 2. The van der Waals surface area contributed by atoms with E-state index < -0.39 is 0 Å². The molecule has 0 radical (unpaired) electrons. The number of benzene rings is 1. The SMILES string of the molecule is O=C(NCc1ccnc(-c2ccncc2)c1)[C@H]1CCCN1c1nc2ccccc2o1. The summed E-state index contributed by atoms with van der Waals surface area (Å²) >= 11 is 0. The second kappa shape index (κ2) is 7.94. The number of nitrogens with zero attached hydrogens (tertiary/aromatic N) is 4. The first kappa shape index (κ1) is 18.3. The van der Waals surface area contributed by atoms with Crippen LogP contribution in [0.25, 0.3) is 22.4 Å². The number of fused-ring (bicyclic) bond motifs is 1. The lowest BCUT2D eigenvalue weighted by molar-refractivity contribution is -0.122. The second-order valence-electron chi connectivity index (χ2n) is 7.32. The zero-order valence-electron chi connectivity index (χ0n) is 16.4. The van der Waals surface area contributed by atoms with Crippen LogP contribution >= 0.6 is 0 Å². The Balaban J connectivity index is 1.28. The molecule has 0 saturated carbocycles. The molecule has 30 heavy (non-hydrogen) atoms. The van der Waals surface area contributed by atoms with E-state index in [9.17, 15) is 4.79 Å². The number of anilines is 1. The molecule has 3 aromatic heterocycles. The van der Waals surface area contributed by atoms with Gasteiger partial charge in [0, 0.05) is 37.2 Å². The number of oxazole rings is 1. The molecule has 0 unspecified atom stereocenters. The summed E-state index contributed by atoms with van der Waals surface area (Å²) in [6.45, 7) is 1.20. The summed E-state index contributed by atoms with van der Waals surface area (Å²) in [4.78, 5) is 27.9. The lowest BCUT2D eigenvalue weighted by Crippen LogP contribution is -2.43. The van der Waals surface area contributed by atoms with Crippen LogP contribution < -0.4 is 10.2 Å². The third kappa shape index (κ3) is 3.61. The number of amides is 1. The minimum Gasteiger partial charge on any atom is -0.423 e. The van der Waals surface area contributed by atoms with Gasteiger partial charge in [0.25, 0.3) is 6.01 Å². The highest BCUT2D eigenvalue weighted by Gasteiger charge is 2.33. The molecule has 1 N–H and O–H groups in total. The fourth-order valence-electron chi connectivity index (χ4n) is 3.82. The molecule has 1 fully saturated rings. The van der Waals surface area contributed by atoms with Crippen molar-refractivity contribution in [2.75, 3.05) is 11.4 Å². The minimum atomic E-state index is -0.278. The topological polar surface area (TPSA) is 84.2 Å². The first-order valence-electron chi connectivity index (χ1n) is 10.0. The van der Waals surface area contributed by atoms with Crippen LogP contribution in [-0.2, 0) is 11.3 Å². The van der Waals surface area contributed by atoms with E-state index in [4.69, 9.17) is 4.42 Å². The van der Waals surface area contributed by atoms with Crippen LogP contribution in [0.15, 0.2) is 71.5 Å². The van der Waals surface area contributed by atoms with E-state index in [1.807, 2.05) is 53.4 Å². The molecule has 1 aliphatic rings. The van der Waals surface area contributed by atoms with Crippen molar-refractivity contribution in [1.29, 1.82) is 0 Å². The summed E-state index contributed by atoms with van der Waals surface area (Å²) in [5.74, 6) is -0.0166. The average Bonchev–Trinajstić information content (AvgIpc) is 3.45. The Bertz CT molecular complexity index is 1140. The van der Waals surface area contributed by atoms with Crippen LogP contribution in [0, 0.1) is 0 Å². The molecule has 150 valence electrons. The lowest BCUT2D eigenvalue weighted by atomic mass is 10.1. The van der Waals surface area contributed by atoms with Gasteiger partial charge in [0.15, 0.2) is 5.58 Å². The third-order valence-corrected chi connectivity index (χ3v) is 5.35. The number of rotatable bonds is 5. The van der Waals surface area contributed by atoms with Gasteiger partial charge < -0.3 is 14.6 Å². The minimum absolute atomic E-state index is 0.0166.